The Morgan fingerprint density at radius 1 is 1.03 bits per heavy atom. The van der Waals surface area contributed by atoms with Crippen molar-refractivity contribution in [1.82, 2.24) is 10.2 Å². The Kier molecular flexibility index (Phi) is 7.10. The van der Waals surface area contributed by atoms with Crippen LogP contribution in [-0.2, 0) is 14.3 Å². The summed E-state index contributed by atoms with van der Waals surface area (Å²) in [5.74, 6) is -1.49. The Labute approximate surface area is 194 Å². The predicted molar refractivity (Wildman–Crippen MR) is 126 cm³/mol. The molecule has 2 N–H and O–H groups in total. The van der Waals surface area contributed by atoms with Gasteiger partial charge in [-0.3, -0.25) is 4.79 Å². The number of aliphatic carboxylic acids is 1. The van der Waals surface area contributed by atoms with Crippen LogP contribution >= 0.6 is 0 Å². The number of rotatable bonds is 7. The fraction of sp³-hybridized carbons (Fsp3) is 0.423. The number of alkyl carbamates (subject to hydrolysis) is 1. The van der Waals surface area contributed by atoms with Gasteiger partial charge in [0.2, 0.25) is 5.91 Å². The van der Waals surface area contributed by atoms with Crippen LogP contribution in [0.5, 0.6) is 0 Å². The lowest BCUT2D eigenvalue weighted by Gasteiger charge is -2.32. The molecule has 2 unspecified atom stereocenters. The summed E-state index contributed by atoms with van der Waals surface area (Å²) in [4.78, 5) is 37.8. The third-order valence-electron chi connectivity index (χ3n) is 6.39. The quantitative estimate of drug-likeness (QED) is 0.654. The fourth-order valence-corrected chi connectivity index (χ4v) is 4.06. The summed E-state index contributed by atoms with van der Waals surface area (Å²) >= 11 is 0. The number of carboxylic acid groups (broad SMARTS) is 1. The molecular weight excluding hydrogens is 420 g/mol. The zero-order valence-electron chi connectivity index (χ0n) is 19.8. The fourth-order valence-electron chi connectivity index (χ4n) is 4.06. The zero-order chi connectivity index (χ0) is 24.3. The van der Waals surface area contributed by atoms with Crippen LogP contribution in [0.2, 0.25) is 0 Å². The summed E-state index contributed by atoms with van der Waals surface area (Å²) in [5.41, 5.74) is 4.11. The second-order valence-corrected chi connectivity index (χ2v) is 9.61. The number of hydrogen-bond donors (Lipinski definition) is 2. The highest BCUT2D eigenvalue weighted by molar-refractivity contribution is 5.84. The average Bonchev–Trinajstić information content (AvgIpc) is 3.09. The maximum Gasteiger partial charge on any atom is 0.407 e. The molecule has 7 nitrogen and oxygen atoms in total. The molecule has 0 heterocycles. The summed E-state index contributed by atoms with van der Waals surface area (Å²) in [5, 5.41) is 12.0. The number of fused-ring (bicyclic) bond motifs is 3. The summed E-state index contributed by atoms with van der Waals surface area (Å²) in [7, 11) is 1.45. The number of carbonyl (C=O) groups is 3. The second-order valence-electron chi connectivity index (χ2n) is 9.61. The monoisotopic (exact) mass is 452 g/mol. The molecule has 0 bridgehead atoms. The minimum atomic E-state index is -1.08. The van der Waals surface area contributed by atoms with E-state index in [0.717, 1.165) is 22.3 Å². The van der Waals surface area contributed by atoms with Crippen molar-refractivity contribution in [3.63, 3.8) is 0 Å². The molecule has 0 saturated heterocycles. The number of amides is 2. The van der Waals surface area contributed by atoms with Crippen LogP contribution in [0.3, 0.4) is 0 Å². The van der Waals surface area contributed by atoms with Crippen LogP contribution in [0.4, 0.5) is 4.79 Å². The second kappa shape index (κ2) is 9.65. The number of nitrogens with one attached hydrogen (secondary N) is 1. The molecule has 1 aliphatic rings. The number of benzene rings is 2. The van der Waals surface area contributed by atoms with Gasteiger partial charge < -0.3 is 20.1 Å². The topological polar surface area (TPSA) is 95.9 Å². The molecule has 2 amide bonds. The van der Waals surface area contributed by atoms with E-state index in [2.05, 4.69) is 29.6 Å². The van der Waals surface area contributed by atoms with Gasteiger partial charge in [-0.05, 0) is 34.6 Å². The van der Waals surface area contributed by atoms with Gasteiger partial charge in [0.1, 0.15) is 12.6 Å². The molecule has 0 spiro atoms. The molecule has 2 aromatic carbocycles. The molecule has 3 rings (SSSR count). The first-order valence-electron chi connectivity index (χ1n) is 11.1. The van der Waals surface area contributed by atoms with Crippen LogP contribution in [0.15, 0.2) is 48.5 Å². The maximum absolute atomic E-state index is 12.7. The van der Waals surface area contributed by atoms with Gasteiger partial charge in [-0.25, -0.2) is 9.59 Å². The van der Waals surface area contributed by atoms with Crippen molar-refractivity contribution in [1.29, 1.82) is 0 Å². The molecule has 1 aliphatic carbocycles. The van der Waals surface area contributed by atoms with Crippen LogP contribution in [0.1, 0.15) is 51.2 Å². The van der Waals surface area contributed by atoms with Gasteiger partial charge in [-0.1, -0.05) is 69.3 Å². The van der Waals surface area contributed by atoms with Crippen LogP contribution in [-0.4, -0.2) is 53.7 Å². The molecule has 2 atom stereocenters. The molecule has 0 aliphatic heterocycles. The van der Waals surface area contributed by atoms with E-state index in [0.29, 0.717) is 0 Å². The standard InChI is InChI=1S/C26H32N2O5/c1-16(24(30)31)28(5)23(29)14-22(26(2,3)4)27-25(32)33-15-21-19-12-8-6-10-17(19)18-11-7-9-13-20(18)21/h6-13,16,21-22H,14-15H2,1-5H3,(H,27,32)(H,30,31). The Hall–Kier alpha value is -3.35. The Balaban J connectivity index is 1.67. The summed E-state index contributed by atoms with van der Waals surface area (Å²) in [6.07, 6.45) is -0.625. The smallest absolute Gasteiger partial charge is 0.407 e. The highest BCUT2D eigenvalue weighted by Crippen LogP contribution is 2.44. The first kappa shape index (κ1) is 24.3. The third kappa shape index (κ3) is 5.35. The number of carbonyl (C=O) groups excluding carboxylic acids is 2. The predicted octanol–water partition coefficient (Wildman–Crippen LogP) is 4.26. The van der Waals surface area contributed by atoms with Gasteiger partial charge in [-0.2, -0.15) is 0 Å². The minimum Gasteiger partial charge on any atom is -0.480 e. The molecule has 2 aromatic rings. The van der Waals surface area contributed by atoms with Crippen molar-refractivity contribution in [3.8, 4) is 11.1 Å². The van der Waals surface area contributed by atoms with Crippen LogP contribution in [0.25, 0.3) is 11.1 Å². The normalized spacial score (nSPS) is 14.6. The highest BCUT2D eigenvalue weighted by atomic mass is 16.5. The number of nitrogens with zero attached hydrogens (tertiary/aromatic N) is 1. The SMILES string of the molecule is CC(C(=O)O)N(C)C(=O)CC(NC(=O)OCC1c2ccccc2-c2ccccc21)C(C)(C)C. The van der Waals surface area contributed by atoms with Crippen LogP contribution < -0.4 is 5.32 Å². The van der Waals surface area contributed by atoms with Crippen molar-refractivity contribution in [3.05, 3.63) is 59.7 Å². The molecule has 0 fully saturated rings. The first-order chi connectivity index (χ1) is 15.5. The van der Waals surface area contributed by atoms with Gasteiger partial charge in [0.25, 0.3) is 0 Å². The molecule has 0 saturated carbocycles. The van der Waals surface area contributed by atoms with Crippen molar-refractivity contribution in [2.24, 2.45) is 5.41 Å². The van der Waals surface area contributed by atoms with E-state index in [1.165, 1.54) is 18.9 Å². The number of carboxylic acids is 1. The molecule has 0 aromatic heterocycles. The molecule has 176 valence electrons. The molecular formula is C26H32N2O5. The largest absolute Gasteiger partial charge is 0.480 e. The van der Waals surface area contributed by atoms with E-state index in [4.69, 9.17) is 4.74 Å². The Bertz CT molecular complexity index is 997. The van der Waals surface area contributed by atoms with Crippen molar-refractivity contribution in [2.75, 3.05) is 13.7 Å². The van der Waals surface area contributed by atoms with Crippen molar-refractivity contribution >= 4 is 18.0 Å². The van der Waals surface area contributed by atoms with E-state index >= 15 is 0 Å². The lowest BCUT2D eigenvalue weighted by molar-refractivity contribution is -0.148. The number of hydrogen-bond acceptors (Lipinski definition) is 4. The van der Waals surface area contributed by atoms with E-state index < -0.39 is 29.6 Å². The summed E-state index contributed by atoms with van der Waals surface area (Å²) in [6, 6.07) is 14.7. The Morgan fingerprint density at radius 3 is 2.03 bits per heavy atom. The minimum absolute atomic E-state index is 0.0260. The van der Waals surface area contributed by atoms with Gasteiger partial charge in [0, 0.05) is 25.4 Å². The number of ether oxygens (including phenoxy) is 1. The van der Waals surface area contributed by atoms with E-state index in [1.807, 2.05) is 45.0 Å². The first-order valence-corrected chi connectivity index (χ1v) is 11.1. The summed E-state index contributed by atoms with van der Waals surface area (Å²) < 4.78 is 5.62. The molecule has 7 heteroatoms. The summed E-state index contributed by atoms with van der Waals surface area (Å²) in [6.45, 7) is 7.37. The van der Waals surface area contributed by atoms with E-state index in [9.17, 15) is 19.5 Å². The van der Waals surface area contributed by atoms with Crippen molar-refractivity contribution in [2.45, 2.75) is 52.1 Å². The third-order valence-corrected chi connectivity index (χ3v) is 6.39. The molecule has 0 radical (unpaired) electrons. The Morgan fingerprint density at radius 2 is 1.55 bits per heavy atom. The lowest BCUT2D eigenvalue weighted by atomic mass is 9.84. The van der Waals surface area contributed by atoms with Gasteiger partial charge in [-0.15, -0.1) is 0 Å². The van der Waals surface area contributed by atoms with Crippen LogP contribution in [0, 0.1) is 5.41 Å². The zero-order valence-corrected chi connectivity index (χ0v) is 19.8. The van der Waals surface area contributed by atoms with Gasteiger partial charge >= 0.3 is 12.1 Å². The van der Waals surface area contributed by atoms with Gasteiger partial charge in [0.05, 0.1) is 0 Å². The number of likely N-dealkylation sites (N-methyl/N-ethyl adjacent to an activating group) is 1. The average molecular weight is 453 g/mol. The van der Waals surface area contributed by atoms with Gasteiger partial charge in [0.15, 0.2) is 0 Å². The van der Waals surface area contributed by atoms with E-state index in [-0.39, 0.29) is 24.9 Å². The highest BCUT2D eigenvalue weighted by Gasteiger charge is 2.33. The van der Waals surface area contributed by atoms with E-state index in [1.54, 1.807) is 0 Å². The molecule has 33 heavy (non-hydrogen) atoms. The lowest BCUT2D eigenvalue weighted by Crippen LogP contribution is -2.49. The van der Waals surface area contributed by atoms with Crippen molar-refractivity contribution < 1.29 is 24.2 Å². The maximum atomic E-state index is 12.7.